The third-order valence-electron chi connectivity index (χ3n) is 6.61. The number of rotatable bonds is 4. The molecule has 5 rings (SSSR count). The summed E-state index contributed by atoms with van der Waals surface area (Å²) < 4.78 is 5.57. The quantitative estimate of drug-likeness (QED) is 0.781. The topological polar surface area (TPSA) is 58.6 Å². The maximum atomic E-state index is 12.9. The number of aromatic nitrogens is 2. The van der Waals surface area contributed by atoms with Gasteiger partial charge >= 0.3 is 0 Å². The summed E-state index contributed by atoms with van der Waals surface area (Å²) in [7, 11) is 0. The molecule has 6 heteroatoms. The second-order valence-electron chi connectivity index (χ2n) is 8.79. The third kappa shape index (κ3) is 3.93. The molecular formula is C24H30N4O2. The van der Waals surface area contributed by atoms with Gasteiger partial charge in [0.15, 0.2) is 0 Å². The molecule has 1 aliphatic carbocycles. The van der Waals surface area contributed by atoms with Crippen molar-refractivity contribution in [3.05, 3.63) is 52.5 Å². The number of amides is 1. The molecule has 1 saturated carbocycles. The van der Waals surface area contributed by atoms with Crippen molar-refractivity contribution >= 4 is 11.7 Å². The molecule has 1 saturated heterocycles. The molecule has 2 aromatic rings. The van der Waals surface area contributed by atoms with E-state index in [0.717, 1.165) is 81.4 Å². The average molecular weight is 407 g/mol. The maximum absolute atomic E-state index is 12.9. The molecular weight excluding hydrogens is 376 g/mol. The van der Waals surface area contributed by atoms with Crippen LogP contribution < -0.4 is 4.90 Å². The zero-order valence-electron chi connectivity index (χ0n) is 17.8. The highest BCUT2D eigenvalue weighted by Gasteiger charge is 2.33. The number of anilines is 1. The van der Waals surface area contributed by atoms with Crippen LogP contribution in [0.2, 0.25) is 0 Å². The number of nitrogens with zero attached hydrogens (tertiary/aromatic N) is 4. The molecule has 1 amide bonds. The van der Waals surface area contributed by atoms with E-state index in [-0.39, 0.29) is 5.92 Å². The van der Waals surface area contributed by atoms with Crippen LogP contribution in [0.25, 0.3) is 0 Å². The van der Waals surface area contributed by atoms with Gasteiger partial charge in [-0.25, -0.2) is 9.97 Å². The lowest BCUT2D eigenvalue weighted by molar-refractivity contribution is -0.139. The molecule has 3 aliphatic rings. The van der Waals surface area contributed by atoms with Gasteiger partial charge in [0.2, 0.25) is 5.91 Å². The van der Waals surface area contributed by atoms with Crippen molar-refractivity contribution in [1.29, 1.82) is 0 Å². The minimum Gasteiger partial charge on any atom is -0.378 e. The van der Waals surface area contributed by atoms with Gasteiger partial charge in [0.05, 0.1) is 25.5 Å². The standard InChI is InChI=1S/C24H30N4O2/c1-17-4-2-5-18(14-17)15-22-25-21-8-9-28(24(29)19-6-3-7-19)16-20(21)23(26-22)27-10-12-30-13-11-27/h2,4-5,14,19H,3,6-13,15-16H2,1H3. The van der Waals surface area contributed by atoms with Crippen LogP contribution in [-0.2, 0) is 28.9 Å². The largest absolute Gasteiger partial charge is 0.378 e. The Hall–Kier alpha value is -2.47. The van der Waals surface area contributed by atoms with Gasteiger partial charge in [-0.2, -0.15) is 0 Å². The molecule has 2 fully saturated rings. The fourth-order valence-corrected chi connectivity index (χ4v) is 4.67. The van der Waals surface area contributed by atoms with Crippen LogP contribution in [0.15, 0.2) is 24.3 Å². The van der Waals surface area contributed by atoms with Crippen LogP contribution in [0, 0.1) is 12.8 Å². The first-order valence-corrected chi connectivity index (χ1v) is 11.2. The van der Waals surface area contributed by atoms with Crippen molar-refractivity contribution in [3.8, 4) is 0 Å². The zero-order valence-corrected chi connectivity index (χ0v) is 17.8. The monoisotopic (exact) mass is 406 g/mol. The highest BCUT2D eigenvalue weighted by molar-refractivity contribution is 5.80. The zero-order chi connectivity index (χ0) is 20.5. The molecule has 0 unspecified atom stereocenters. The molecule has 0 atom stereocenters. The van der Waals surface area contributed by atoms with E-state index >= 15 is 0 Å². The lowest BCUT2D eigenvalue weighted by Gasteiger charge is -2.37. The van der Waals surface area contributed by atoms with Gasteiger partial charge in [0.1, 0.15) is 11.6 Å². The van der Waals surface area contributed by atoms with E-state index in [0.29, 0.717) is 12.5 Å². The Bertz CT molecular complexity index is 935. The number of hydrogen-bond donors (Lipinski definition) is 0. The number of fused-ring (bicyclic) bond motifs is 1. The van der Waals surface area contributed by atoms with Crippen molar-refractivity contribution in [3.63, 3.8) is 0 Å². The Labute approximate surface area is 178 Å². The normalized spacial score (nSPS) is 19.4. The highest BCUT2D eigenvalue weighted by Crippen LogP contribution is 2.32. The summed E-state index contributed by atoms with van der Waals surface area (Å²) in [5.41, 5.74) is 4.75. The van der Waals surface area contributed by atoms with E-state index < -0.39 is 0 Å². The molecule has 158 valence electrons. The van der Waals surface area contributed by atoms with Crippen LogP contribution in [0.3, 0.4) is 0 Å². The van der Waals surface area contributed by atoms with Crippen molar-refractivity contribution in [2.24, 2.45) is 5.92 Å². The molecule has 6 nitrogen and oxygen atoms in total. The summed E-state index contributed by atoms with van der Waals surface area (Å²) in [6.45, 7) is 6.64. The average Bonchev–Trinajstić information content (AvgIpc) is 2.72. The Morgan fingerprint density at radius 1 is 1.17 bits per heavy atom. The minimum atomic E-state index is 0.236. The highest BCUT2D eigenvalue weighted by atomic mass is 16.5. The van der Waals surface area contributed by atoms with Crippen molar-refractivity contribution in [1.82, 2.24) is 14.9 Å². The number of carbonyl (C=O) groups is 1. The molecule has 2 aliphatic heterocycles. The van der Waals surface area contributed by atoms with Crippen LogP contribution >= 0.6 is 0 Å². The predicted octanol–water partition coefficient (Wildman–Crippen LogP) is 2.90. The molecule has 30 heavy (non-hydrogen) atoms. The first-order valence-electron chi connectivity index (χ1n) is 11.2. The fourth-order valence-electron chi connectivity index (χ4n) is 4.67. The van der Waals surface area contributed by atoms with Crippen molar-refractivity contribution < 1.29 is 9.53 Å². The number of morpholine rings is 1. The smallest absolute Gasteiger partial charge is 0.225 e. The van der Waals surface area contributed by atoms with Crippen LogP contribution in [0.5, 0.6) is 0 Å². The molecule has 1 aromatic heterocycles. The van der Waals surface area contributed by atoms with Crippen LogP contribution in [-0.4, -0.2) is 53.6 Å². The molecule has 0 N–H and O–H groups in total. The van der Waals surface area contributed by atoms with Gasteiger partial charge < -0.3 is 14.5 Å². The van der Waals surface area contributed by atoms with Crippen molar-refractivity contribution in [2.75, 3.05) is 37.7 Å². The Morgan fingerprint density at radius 2 is 2.00 bits per heavy atom. The Balaban J connectivity index is 1.46. The van der Waals surface area contributed by atoms with E-state index in [1.807, 2.05) is 4.90 Å². The van der Waals surface area contributed by atoms with E-state index in [9.17, 15) is 4.79 Å². The number of aryl methyl sites for hydroxylation is 1. The summed E-state index contributed by atoms with van der Waals surface area (Å²) in [4.78, 5) is 27.2. The van der Waals surface area contributed by atoms with E-state index in [1.54, 1.807) is 0 Å². The van der Waals surface area contributed by atoms with E-state index in [1.165, 1.54) is 17.5 Å². The lowest BCUT2D eigenvalue weighted by Crippen LogP contribution is -2.44. The maximum Gasteiger partial charge on any atom is 0.225 e. The fraction of sp³-hybridized carbons (Fsp3) is 0.542. The number of ether oxygens (including phenoxy) is 1. The number of hydrogen-bond acceptors (Lipinski definition) is 5. The number of carbonyl (C=O) groups excluding carboxylic acids is 1. The van der Waals surface area contributed by atoms with Gasteiger partial charge in [-0.05, 0) is 25.3 Å². The summed E-state index contributed by atoms with van der Waals surface area (Å²) in [5, 5.41) is 0. The molecule has 0 spiro atoms. The first kappa shape index (κ1) is 19.5. The Morgan fingerprint density at radius 3 is 2.73 bits per heavy atom. The van der Waals surface area contributed by atoms with Crippen LogP contribution in [0.4, 0.5) is 5.82 Å². The van der Waals surface area contributed by atoms with Gasteiger partial charge in [-0.3, -0.25) is 4.79 Å². The number of benzene rings is 1. The summed E-state index contributed by atoms with van der Waals surface area (Å²) in [6, 6.07) is 8.56. The second-order valence-corrected chi connectivity index (χ2v) is 8.79. The molecule has 0 bridgehead atoms. The Kier molecular flexibility index (Phi) is 5.42. The lowest BCUT2D eigenvalue weighted by atomic mass is 9.84. The summed E-state index contributed by atoms with van der Waals surface area (Å²) in [6.07, 6.45) is 4.83. The van der Waals surface area contributed by atoms with Gasteiger partial charge in [-0.1, -0.05) is 36.2 Å². The third-order valence-corrected chi connectivity index (χ3v) is 6.61. The first-order chi connectivity index (χ1) is 14.7. The van der Waals surface area contributed by atoms with Crippen LogP contribution in [0.1, 0.15) is 47.5 Å². The minimum absolute atomic E-state index is 0.236. The second kappa shape index (κ2) is 8.34. The molecule has 0 radical (unpaired) electrons. The van der Waals surface area contributed by atoms with Gasteiger partial charge in [0.25, 0.3) is 0 Å². The summed E-state index contributed by atoms with van der Waals surface area (Å²) >= 11 is 0. The SMILES string of the molecule is Cc1cccc(Cc2nc3c(c(N4CCOCC4)n2)CN(C(=O)C2CCC2)CC3)c1. The van der Waals surface area contributed by atoms with Gasteiger partial charge in [-0.15, -0.1) is 0 Å². The van der Waals surface area contributed by atoms with Gasteiger partial charge in [0, 0.05) is 44.0 Å². The van der Waals surface area contributed by atoms with Crippen molar-refractivity contribution in [2.45, 2.75) is 45.6 Å². The molecule has 1 aromatic carbocycles. The van der Waals surface area contributed by atoms with E-state index in [2.05, 4.69) is 36.1 Å². The molecule has 3 heterocycles. The van der Waals surface area contributed by atoms with E-state index in [4.69, 9.17) is 14.7 Å². The summed E-state index contributed by atoms with van der Waals surface area (Å²) in [5.74, 6) is 2.44. The predicted molar refractivity (Wildman–Crippen MR) is 116 cm³/mol.